The van der Waals surface area contributed by atoms with Crippen LogP contribution in [0, 0.1) is 6.92 Å². The number of nitrogens with one attached hydrogen (secondary N) is 1. The summed E-state index contributed by atoms with van der Waals surface area (Å²) in [6.45, 7) is 5.00. The Hall–Kier alpha value is -2.01. The Labute approximate surface area is 128 Å². The summed E-state index contributed by atoms with van der Waals surface area (Å²) in [5.74, 6) is 1.70. The molecule has 3 rings (SSSR count). The van der Waals surface area contributed by atoms with Crippen LogP contribution in [0.1, 0.15) is 29.9 Å². The van der Waals surface area contributed by atoms with E-state index in [0.29, 0.717) is 0 Å². The Morgan fingerprint density at radius 3 is 2.81 bits per heavy atom. The van der Waals surface area contributed by atoms with Gasteiger partial charge in [-0.05, 0) is 25.5 Å². The van der Waals surface area contributed by atoms with Crippen molar-refractivity contribution in [3.8, 4) is 0 Å². The summed E-state index contributed by atoms with van der Waals surface area (Å²) in [7, 11) is 0. The molecular weight excluding hydrogens is 280 g/mol. The fourth-order valence-corrected chi connectivity index (χ4v) is 3.20. The van der Waals surface area contributed by atoms with E-state index in [9.17, 15) is 0 Å². The molecule has 21 heavy (non-hydrogen) atoms. The van der Waals surface area contributed by atoms with Crippen LogP contribution in [0.4, 0.5) is 5.82 Å². The number of hydrogen-bond acceptors (Lipinski definition) is 5. The predicted octanol–water partition coefficient (Wildman–Crippen LogP) is 3.81. The van der Waals surface area contributed by atoms with Gasteiger partial charge in [0.05, 0.1) is 20.9 Å². The second-order valence-electron chi connectivity index (χ2n) is 4.97. The van der Waals surface area contributed by atoms with Gasteiger partial charge in [-0.15, -0.1) is 11.3 Å². The van der Waals surface area contributed by atoms with Crippen molar-refractivity contribution in [1.29, 1.82) is 0 Å². The average Bonchev–Trinajstić information content (AvgIpc) is 2.86. The second-order valence-corrected chi connectivity index (χ2v) is 6.09. The number of para-hydroxylation sites is 1. The molecule has 3 aromatic rings. The van der Waals surface area contributed by atoms with Gasteiger partial charge in [-0.3, -0.25) is 0 Å². The average molecular weight is 298 g/mol. The number of thiazole rings is 1. The third-order valence-electron chi connectivity index (χ3n) is 3.12. The highest BCUT2D eigenvalue weighted by Gasteiger charge is 2.07. The summed E-state index contributed by atoms with van der Waals surface area (Å²) in [6.07, 6.45) is 1.83. The minimum atomic E-state index is 0.753. The zero-order chi connectivity index (χ0) is 14.7. The highest BCUT2D eigenvalue weighted by Crippen LogP contribution is 2.23. The summed E-state index contributed by atoms with van der Waals surface area (Å²) < 4.78 is 1.22. The standard InChI is InChI=1S/C16H18N4S/c1-3-8-17-15-9-12(18-11(2)19-15)10-16-20-13-6-4-5-7-14(13)21-16/h4-7,9H,3,8,10H2,1-2H3,(H,17,18,19). The maximum absolute atomic E-state index is 4.67. The van der Waals surface area contributed by atoms with Crippen molar-refractivity contribution >= 4 is 27.4 Å². The van der Waals surface area contributed by atoms with Crippen LogP contribution in [-0.4, -0.2) is 21.5 Å². The fourth-order valence-electron chi connectivity index (χ4n) is 2.21. The zero-order valence-corrected chi connectivity index (χ0v) is 13.1. The molecule has 0 aliphatic rings. The van der Waals surface area contributed by atoms with Gasteiger partial charge >= 0.3 is 0 Å². The van der Waals surface area contributed by atoms with E-state index in [2.05, 4.69) is 39.3 Å². The maximum Gasteiger partial charge on any atom is 0.129 e. The predicted molar refractivity (Wildman–Crippen MR) is 88.0 cm³/mol. The molecule has 1 N–H and O–H groups in total. The Morgan fingerprint density at radius 1 is 1.14 bits per heavy atom. The lowest BCUT2D eigenvalue weighted by Gasteiger charge is -2.06. The Kier molecular flexibility index (Phi) is 4.10. The minimum Gasteiger partial charge on any atom is -0.370 e. The quantitative estimate of drug-likeness (QED) is 0.778. The molecule has 0 saturated carbocycles. The number of rotatable bonds is 5. The number of anilines is 1. The number of aryl methyl sites for hydroxylation is 1. The molecule has 108 valence electrons. The van der Waals surface area contributed by atoms with E-state index in [1.165, 1.54) is 4.70 Å². The van der Waals surface area contributed by atoms with Crippen LogP contribution >= 0.6 is 11.3 Å². The lowest BCUT2D eigenvalue weighted by molar-refractivity contribution is 0.930. The minimum absolute atomic E-state index is 0.753. The molecule has 0 fully saturated rings. The van der Waals surface area contributed by atoms with Crippen LogP contribution in [0.3, 0.4) is 0 Å². The molecule has 0 amide bonds. The maximum atomic E-state index is 4.67. The van der Waals surface area contributed by atoms with Crippen molar-refractivity contribution in [3.63, 3.8) is 0 Å². The van der Waals surface area contributed by atoms with Gasteiger partial charge in [-0.25, -0.2) is 15.0 Å². The highest BCUT2D eigenvalue weighted by atomic mass is 32.1. The summed E-state index contributed by atoms with van der Waals surface area (Å²) in [6, 6.07) is 10.2. The van der Waals surface area contributed by atoms with E-state index in [1.54, 1.807) is 11.3 Å². The summed E-state index contributed by atoms with van der Waals surface area (Å²) in [4.78, 5) is 13.6. The van der Waals surface area contributed by atoms with Gasteiger partial charge in [0.15, 0.2) is 0 Å². The first-order chi connectivity index (χ1) is 10.2. The number of benzene rings is 1. The molecular formula is C16H18N4S. The van der Waals surface area contributed by atoms with Gasteiger partial charge in [0.1, 0.15) is 11.6 Å². The van der Waals surface area contributed by atoms with Crippen molar-refractivity contribution in [2.45, 2.75) is 26.7 Å². The highest BCUT2D eigenvalue weighted by molar-refractivity contribution is 7.18. The monoisotopic (exact) mass is 298 g/mol. The second kappa shape index (κ2) is 6.18. The number of hydrogen-bond donors (Lipinski definition) is 1. The first-order valence-corrected chi connectivity index (χ1v) is 7.99. The molecule has 0 unspecified atom stereocenters. The molecule has 0 radical (unpaired) electrons. The summed E-state index contributed by atoms with van der Waals surface area (Å²) in [5, 5.41) is 4.41. The van der Waals surface area contributed by atoms with E-state index in [0.717, 1.165) is 47.2 Å². The molecule has 4 nitrogen and oxygen atoms in total. The Morgan fingerprint density at radius 2 is 2.00 bits per heavy atom. The molecule has 1 aromatic carbocycles. The van der Waals surface area contributed by atoms with Gasteiger partial charge in [0.2, 0.25) is 0 Å². The smallest absolute Gasteiger partial charge is 0.129 e. The lowest BCUT2D eigenvalue weighted by Crippen LogP contribution is -2.05. The summed E-state index contributed by atoms with van der Waals surface area (Å²) in [5.41, 5.74) is 2.08. The first-order valence-electron chi connectivity index (χ1n) is 7.17. The van der Waals surface area contributed by atoms with Crippen LogP contribution in [0.15, 0.2) is 30.3 Å². The van der Waals surface area contributed by atoms with Crippen molar-refractivity contribution in [1.82, 2.24) is 15.0 Å². The molecule has 2 aromatic heterocycles. The molecule has 0 aliphatic carbocycles. The van der Waals surface area contributed by atoms with Gasteiger partial charge in [-0.1, -0.05) is 19.1 Å². The molecule has 0 spiro atoms. The lowest BCUT2D eigenvalue weighted by atomic mass is 10.3. The van der Waals surface area contributed by atoms with E-state index < -0.39 is 0 Å². The molecule has 2 heterocycles. The molecule has 0 bridgehead atoms. The van der Waals surface area contributed by atoms with Crippen molar-refractivity contribution < 1.29 is 0 Å². The van der Waals surface area contributed by atoms with E-state index in [1.807, 2.05) is 25.1 Å². The Balaban J connectivity index is 1.84. The van der Waals surface area contributed by atoms with Crippen molar-refractivity contribution in [2.75, 3.05) is 11.9 Å². The van der Waals surface area contributed by atoms with Crippen LogP contribution in [0.5, 0.6) is 0 Å². The van der Waals surface area contributed by atoms with Gasteiger partial charge in [-0.2, -0.15) is 0 Å². The van der Waals surface area contributed by atoms with E-state index in [4.69, 9.17) is 0 Å². The number of nitrogens with zero attached hydrogens (tertiary/aromatic N) is 3. The van der Waals surface area contributed by atoms with Crippen LogP contribution in [-0.2, 0) is 6.42 Å². The largest absolute Gasteiger partial charge is 0.370 e. The SMILES string of the molecule is CCCNc1cc(Cc2nc3ccccc3s2)nc(C)n1. The first kappa shape index (κ1) is 13.9. The van der Waals surface area contributed by atoms with Crippen LogP contribution in [0.25, 0.3) is 10.2 Å². The zero-order valence-electron chi connectivity index (χ0n) is 12.3. The topological polar surface area (TPSA) is 50.7 Å². The van der Waals surface area contributed by atoms with Crippen LogP contribution in [0.2, 0.25) is 0 Å². The molecule has 0 saturated heterocycles. The van der Waals surface area contributed by atoms with E-state index in [-0.39, 0.29) is 0 Å². The number of fused-ring (bicyclic) bond motifs is 1. The molecule has 0 aliphatic heterocycles. The normalized spacial score (nSPS) is 11.0. The number of aromatic nitrogens is 3. The van der Waals surface area contributed by atoms with Gasteiger partial charge in [0, 0.05) is 19.0 Å². The fraction of sp³-hybridized carbons (Fsp3) is 0.312. The van der Waals surface area contributed by atoms with Gasteiger partial charge in [0.25, 0.3) is 0 Å². The van der Waals surface area contributed by atoms with Crippen molar-refractivity contribution in [2.24, 2.45) is 0 Å². The van der Waals surface area contributed by atoms with Crippen molar-refractivity contribution in [3.05, 3.63) is 46.9 Å². The molecule has 0 atom stereocenters. The third-order valence-corrected chi connectivity index (χ3v) is 4.15. The van der Waals surface area contributed by atoms with Crippen LogP contribution < -0.4 is 5.32 Å². The van der Waals surface area contributed by atoms with E-state index >= 15 is 0 Å². The summed E-state index contributed by atoms with van der Waals surface area (Å²) >= 11 is 1.73. The molecule has 5 heteroatoms. The van der Waals surface area contributed by atoms with Gasteiger partial charge < -0.3 is 5.32 Å². The third kappa shape index (κ3) is 3.36. The Bertz CT molecular complexity index is 718.